The molecule has 132 valence electrons. The van der Waals surface area contributed by atoms with Crippen LogP contribution in [-0.4, -0.2) is 18.0 Å². The molecular weight excluding hydrogens is 368 g/mol. The average molecular weight is 384 g/mol. The second-order valence-electron chi connectivity index (χ2n) is 5.42. The topological polar surface area (TPSA) is 55.4 Å². The number of amides is 1. The number of nitrogens with one attached hydrogen (secondary N) is 1. The zero-order valence-corrected chi connectivity index (χ0v) is 15.1. The number of carbonyl (C=O) groups is 2. The first-order valence-electron chi connectivity index (χ1n) is 7.50. The van der Waals surface area contributed by atoms with Crippen LogP contribution in [-0.2, 0) is 9.53 Å². The first-order valence-corrected chi connectivity index (χ1v) is 8.26. The quantitative estimate of drug-likeness (QED) is 0.770. The molecule has 2 aromatic rings. The van der Waals surface area contributed by atoms with Gasteiger partial charge in [-0.3, -0.25) is 4.79 Å². The van der Waals surface area contributed by atoms with Gasteiger partial charge >= 0.3 is 5.97 Å². The van der Waals surface area contributed by atoms with Gasteiger partial charge in [-0.1, -0.05) is 41.4 Å². The van der Waals surface area contributed by atoms with Crippen LogP contribution >= 0.6 is 23.2 Å². The van der Waals surface area contributed by atoms with Crippen molar-refractivity contribution in [3.8, 4) is 0 Å². The van der Waals surface area contributed by atoms with Crippen LogP contribution in [0.1, 0.15) is 35.8 Å². The lowest BCUT2D eigenvalue weighted by Gasteiger charge is -2.19. The first kappa shape index (κ1) is 19.2. The van der Waals surface area contributed by atoms with E-state index in [1.54, 1.807) is 25.1 Å². The Balaban J connectivity index is 2.00. The highest BCUT2D eigenvalue weighted by atomic mass is 35.5. The van der Waals surface area contributed by atoms with Crippen LogP contribution < -0.4 is 5.32 Å². The van der Waals surface area contributed by atoms with E-state index in [9.17, 15) is 14.0 Å². The Labute approximate surface area is 154 Å². The number of hydrogen-bond donors (Lipinski definition) is 1. The van der Waals surface area contributed by atoms with Crippen LogP contribution in [0.5, 0.6) is 0 Å². The fourth-order valence-electron chi connectivity index (χ4n) is 2.17. The van der Waals surface area contributed by atoms with Crippen molar-refractivity contribution in [2.75, 3.05) is 0 Å². The molecule has 2 unspecified atom stereocenters. The van der Waals surface area contributed by atoms with E-state index in [4.69, 9.17) is 27.9 Å². The third-order valence-corrected chi connectivity index (χ3v) is 4.10. The molecule has 2 rings (SSSR count). The summed E-state index contributed by atoms with van der Waals surface area (Å²) in [5.74, 6) is -2.14. The van der Waals surface area contributed by atoms with E-state index in [-0.39, 0.29) is 5.56 Å². The summed E-state index contributed by atoms with van der Waals surface area (Å²) in [4.78, 5) is 24.2. The van der Waals surface area contributed by atoms with Crippen LogP contribution in [0.15, 0.2) is 42.5 Å². The molecule has 0 radical (unpaired) electrons. The van der Waals surface area contributed by atoms with Crippen LogP contribution in [0.4, 0.5) is 4.39 Å². The van der Waals surface area contributed by atoms with Gasteiger partial charge in [0, 0.05) is 10.0 Å². The van der Waals surface area contributed by atoms with Crippen LogP contribution in [0, 0.1) is 5.82 Å². The van der Waals surface area contributed by atoms with E-state index < -0.39 is 29.8 Å². The summed E-state index contributed by atoms with van der Waals surface area (Å²) < 4.78 is 18.6. The van der Waals surface area contributed by atoms with Crippen LogP contribution in [0.25, 0.3) is 0 Å². The van der Waals surface area contributed by atoms with Gasteiger partial charge in [0.25, 0.3) is 5.91 Å². The van der Waals surface area contributed by atoms with E-state index >= 15 is 0 Å². The van der Waals surface area contributed by atoms with Crippen molar-refractivity contribution < 1.29 is 18.7 Å². The predicted molar refractivity (Wildman–Crippen MR) is 94.3 cm³/mol. The second-order valence-corrected chi connectivity index (χ2v) is 6.27. The summed E-state index contributed by atoms with van der Waals surface area (Å²) in [6, 6.07) is 9.91. The van der Waals surface area contributed by atoms with Gasteiger partial charge in [0.2, 0.25) is 0 Å². The Morgan fingerprint density at radius 3 is 2.44 bits per heavy atom. The number of halogens is 3. The first-order chi connectivity index (χ1) is 11.8. The van der Waals surface area contributed by atoms with E-state index in [1.807, 2.05) is 0 Å². The highest BCUT2D eigenvalue weighted by Gasteiger charge is 2.23. The van der Waals surface area contributed by atoms with Crippen molar-refractivity contribution in [2.45, 2.75) is 26.0 Å². The molecule has 0 aliphatic heterocycles. The van der Waals surface area contributed by atoms with Gasteiger partial charge in [0.15, 0.2) is 6.10 Å². The molecule has 0 fully saturated rings. The molecule has 1 N–H and O–H groups in total. The summed E-state index contributed by atoms with van der Waals surface area (Å²) in [6.07, 6.45) is -1.10. The molecule has 4 nitrogen and oxygen atoms in total. The van der Waals surface area contributed by atoms with Gasteiger partial charge in [0.05, 0.1) is 11.6 Å². The Hall–Kier alpha value is -2.11. The number of ether oxygens (including phenoxy) is 1. The Bertz CT molecular complexity index is 798. The van der Waals surface area contributed by atoms with Gasteiger partial charge in [-0.05, 0) is 43.7 Å². The minimum Gasteiger partial charge on any atom is -0.449 e. The number of rotatable bonds is 5. The summed E-state index contributed by atoms with van der Waals surface area (Å²) in [7, 11) is 0. The number of carbonyl (C=O) groups excluding carboxylic acids is 2. The Morgan fingerprint density at radius 1 is 1.12 bits per heavy atom. The Morgan fingerprint density at radius 2 is 1.80 bits per heavy atom. The molecule has 1 amide bonds. The monoisotopic (exact) mass is 383 g/mol. The third-order valence-electron chi connectivity index (χ3n) is 3.53. The summed E-state index contributed by atoms with van der Waals surface area (Å²) in [5.41, 5.74) is 0.447. The maximum absolute atomic E-state index is 13.6. The van der Waals surface area contributed by atoms with Crippen LogP contribution in [0.3, 0.4) is 0 Å². The molecule has 0 aromatic heterocycles. The highest BCUT2D eigenvalue weighted by Crippen LogP contribution is 2.26. The third kappa shape index (κ3) is 4.94. The SMILES string of the molecule is CC(OC(=O)c1ccccc1F)C(=O)NC(C)c1ccc(Cl)cc1Cl. The van der Waals surface area contributed by atoms with Crippen molar-refractivity contribution in [1.82, 2.24) is 5.32 Å². The van der Waals surface area contributed by atoms with Gasteiger partial charge in [0.1, 0.15) is 5.82 Å². The molecule has 0 saturated carbocycles. The smallest absolute Gasteiger partial charge is 0.341 e. The number of hydrogen-bond acceptors (Lipinski definition) is 3. The van der Waals surface area contributed by atoms with Crippen LogP contribution in [0.2, 0.25) is 10.0 Å². The lowest BCUT2D eigenvalue weighted by atomic mass is 10.1. The van der Waals surface area contributed by atoms with E-state index in [1.165, 1.54) is 25.1 Å². The van der Waals surface area contributed by atoms with Gasteiger partial charge in [-0.15, -0.1) is 0 Å². The highest BCUT2D eigenvalue weighted by molar-refractivity contribution is 6.35. The molecule has 0 heterocycles. The van der Waals surface area contributed by atoms with Crippen molar-refractivity contribution >= 4 is 35.1 Å². The molecule has 2 aromatic carbocycles. The number of benzene rings is 2. The lowest BCUT2D eigenvalue weighted by molar-refractivity contribution is -0.129. The molecule has 0 spiro atoms. The predicted octanol–water partition coefficient (Wildman–Crippen LogP) is 4.56. The van der Waals surface area contributed by atoms with E-state index in [0.29, 0.717) is 15.6 Å². The van der Waals surface area contributed by atoms with Gasteiger partial charge in [-0.2, -0.15) is 0 Å². The van der Waals surface area contributed by atoms with Crippen molar-refractivity contribution in [2.24, 2.45) is 0 Å². The van der Waals surface area contributed by atoms with Crippen molar-refractivity contribution in [1.29, 1.82) is 0 Å². The fourth-order valence-corrected chi connectivity index (χ4v) is 2.74. The number of esters is 1. The molecule has 7 heteroatoms. The van der Waals surface area contributed by atoms with Crippen molar-refractivity contribution in [3.63, 3.8) is 0 Å². The molecule has 25 heavy (non-hydrogen) atoms. The molecule has 0 saturated heterocycles. The fraction of sp³-hybridized carbons (Fsp3) is 0.222. The zero-order chi connectivity index (χ0) is 18.6. The van der Waals surface area contributed by atoms with Gasteiger partial charge < -0.3 is 10.1 Å². The van der Waals surface area contributed by atoms with Gasteiger partial charge in [-0.25, -0.2) is 9.18 Å². The Kier molecular flexibility index (Phi) is 6.39. The summed E-state index contributed by atoms with van der Waals surface area (Å²) in [5, 5.41) is 3.59. The molecular formula is C18H16Cl2FNO3. The van der Waals surface area contributed by atoms with E-state index in [2.05, 4.69) is 5.32 Å². The molecule has 0 bridgehead atoms. The summed E-state index contributed by atoms with van der Waals surface area (Å²) in [6.45, 7) is 3.14. The average Bonchev–Trinajstić information content (AvgIpc) is 2.54. The van der Waals surface area contributed by atoms with E-state index in [0.717, 1.165) is 6.07 Å². The molecule has 2 atom stereocenters. The second kappa shape index (κ2) is 8.32. The minimum absolute atomic E-state index is 0.226. The molecule has 0 aliphatic carbocycles. The minimum atomic E-state index is -1.10. The standard InChI is InChI=1S/C18H16Cl2FNO3/c1-10(13-8-7-12(19)9-15(13)20)22-17(23)11(2)25-18(24)14-5-3-4-6-16(14)21/h3-11H,1-2H3,(H,22,23). The largest absolute Gasteiger partial charge is 0.449 e. The molecule has 0 aliphatic rings. The maximum atomic E-state index is 13.6. The van der Waals surface area contributed by atoms with Crippen molar-refractivity contribution in [3.05, 3.63) is 69.5 Å². The lowest BCUT2D eigenvalue weighted by Crippen LogP contribution is -2.37. The maximum Gasteiger partial charge on any atom is 0.341 e. The summed E-state index contributed by atoms with van der Waals surface area (Å²) >= 11 is 12.0. The zero-order valence-electron chi connectivity index (χ0n) is 13.6. The normalized spacial score (nSPS) is 13.0.